The molecule has 2 aromatic carbocycles. The highest BCUT2D eigenvalue weighted by atomic mass is 32.1. The molecule has 0 saturated carbocycles. The Hall–Kier alpha value is -3.15. The van der Waals surface area contributed by atoms with E-state index in [1.165, 1.54) is 0 Å². The van der Waals surface area contributed by atoms with Crippen LogP contribution in [-0.4, -0.2) is 20.1 Å². The molecule has 0 aliphatic heterocycles. The second-order valence-corrected chi connectivity index (χ2v) is 4.42. The summed E-state index contributed by atoms with van der Waals surface area (Å²) in [6.07, 6.45) is 0. The van der Waals surface area contributed by atoms with Gasteiger partial charge in [-0.15, -0.1) is 4.98 Å². The quantitative estimate of drug-likeness (QED) is 0.518. The molecular formula is C16H10N4O2S. The predicted molar refractivity (Wildman–Crippen MR) is 87.5 cm³/mol. The molecule has 0 atom stereocenters. The molecule has 0 fully saturated rings. The number of para-hydroxylation sites is 2. The smallest absolute Gasteiger partial charge is 0.330 e. The van der Waals surface area contributed by atoms with Crippen molar-refractivity contribution in [3.63, 3.8) is 0 Å². The highest BCUT2D eigenvalue weighted by Gasteiger charge is 2.10. The fraction of sp³-hybridized carbons (Fsp3) is 0. The van der Waals surface area contributed by atoms with Crippen LogP contribution in [0.5, 0.6) is 23.5 Å². The number of nitrogens with zero attached hydrogens (tertiary/aromatic N) is 4. The van der Waals surface area contributed by atoms with Gasteiger partial charge >= 0.3 is 12.0 Å². The SMILES string of the molecule is S=C=Nc1nc(Oc2ccccc2)nc(Oc2ccccc2)n1. The summed E-state index contributed by atoms with van der Waals surface area (Å²) in [5.41, 5.74) is 0. The molecule has 3 aromatic rings. The highest BCUT2D eigenvalue weighted by molar-refractivity contribution is 7.78. The zero-order valence-corrected chi connectivity index (χ0v) is 12.6. The lowest BCUT2D eigenvalue weighted by atomic mass is 10.3. The molecule has 0 radical (unpaired) electrons. The van der Waals surface area contributed by atoms with E-state index in [1.807, 2.05) is 36.4 Å². The Kier molecular flexibility index (Phi) is 4.63. The van der Waals surface area contributed by atoms with Crippen molar-refractivity contribution < 1.29 is 9.47 Å². The maximum Gasteiger partial charge on any atom is 0.330 e. The Labute approximate surface area is 137 Å². The van der Waals surface area contributed by atoms with Crippen molar-refractivity contribution in [1.82, 2.24) is 15.0 Å². The van der Waals surface area contributed by atoms with Crippen LogP contribution in [0, 0.1) is 0 Å². The van der Waals surface area contributed by atoms with Crippen molar-refractivity contribution in [2.75, 3.05) is 0 Å². The summed E-state index contributed by atoms with van der Waals surface area (Å²) in [5.74, 6) is 1.23. The van der Waals surface area contributed by atoms with Crippen molar-refractivity contribution in [2.24, 2.45) is 4.99 Å². The number of ether oxygens (including phenoxy) is 2. The minimum atomic E-state index is 0.0566. The van der Waals surface area contributed by atoms with Crippen LogP contribution in [-0.2, 0) is 0 Å². The summed E-state index contributed by atoms with van der Waals surface area (Å²) in [6, 6.07) is 18.4. The van der Waals surface area contributed by atoms with Gasteiger partial charge in [-0.25, -0.2) is 0 Å². The monoisotopic (exact) mass is 322 g/mol. The molecule has 1 heterocycles. The van der Waals surface area contributed by atoms with E-state index in [-0.39, 0.29) is 18.0 Å². The fourth-order valence-electron chi connectivity index (χ4n) is 1.70. The van der Waals surface area contributed by atoms with Crippen LogP contribution < -0.4 is 9.47 Å². The predicted octanol–water partition coefficient (Wildman–Crippen LogP) is 4.19. The van der Waals surface area contributed by atoms with E-state index >= 15 is 0 Å². The molecule has 0 unspecified atom stereocenters. The maximum atomic E-state index is 5.58. The number of isothiocyanates is 1. The molecular weight excluding hydrogens is 312 g/mol. The molecule has 0 amide bonds. The first kappa shape index (κ1) is 14.8. The number of hydrogen-bond donors (Lipinski definition) is 0. The average molecular weight is 322 g/mol. The number of rotatable bonds is 5. The molecule has 112 valence electrons. The van der Waals surface area contributed by atoms with Gasteiger partial charge in [-0.2, -0.15) is 15.0 Å². The lowest BCUT2D eigenvalue weighted by Crippen LogP contribution is -1.98. The lowest BCUT2D eigenvalue weighted by Gasteiger charge is -2.06. The zero-order valence-electron chi connectivity index (χ0n) is 11.8. The van der Waals surface area contributed by atoms with Crippen LogP contribution in [0.1, 0.15) is 0 Å². The standard InChI is InChI=1S/C16H10N4O2S/c23-11-17-14-18-15(21-12-7-3-1-4-8-12)20-16(19-14)22-13-9-5-2-6-10-13/h1-10H. The molecule has 0 aliphatic rings. The third-order valence-electron chi connectivity index (χ3n) is 2.63. The minimum Gasteiger partial charge on any atom is -0.424 e. The molecule has 0 bridgehead atoms. The van der Waals surface area contributed by atoms with E-state index in [0.717, 1.165) is 0 Å². The van der Waals surface area contributed by atoms with Gasteiger partial charge in [0.2, 0.25) is 0 Å². The van der Waals surface area contributed by atoms with E-state index in [0.29, 0.717) is 11.5 Å². The Morgan fingerprint density at radius 3 is 1.65 bits per heavy atom. The van der Waals surface area contributed by atoms with Gasteiger partial charge in [-0.05, 0) is 36.5 Å². The largest absolute Gasteiger partial charge is 0.424 e. The van der Waals surface area contributed by atoms with Crippen molar-refractivity contribution in [1.29, 1.82) is 0 Å². The normalized spacial score (nSPS) is 9.74. The van der Waals surface area contributed by atoms with E-state index in [4.69, 9.17) is 9.47 Å². The molecule has 6 nitrogen and oxygen atoms in total. The van der Waals surface area contributed by atoms with Gasteiger partial charge in [0.1, 0.15) is 11.5 Å². The van der Waals surface area contributed by atoms with E-state index in [9.17, 15) is 0 Å². The molecule has 7 heteroatoms. The number of thiocarbonyl (C=S) groups is 1. The average Bonchev–Trinajstić information content (AvgIpc) is 2.57. The first-order chi connectivity index (χ1) is 11.3. The second-order valence-electron chi connectivity index (χ2n) is 4.23. The van der Waals surface area contributed by atoms with Crippen molar-refractivity contribution >= 4 is 23.3 Å². The summed E-state index contributed by atoms with van der Waals surface area (Å²) in [5, 5.41) is 2.21. The number of aliphatic imine (C=N–C) groups is 1. The number of hydrogen-bond acceptors (Lipinski definition) is 7. The third kappa shape index (κ3) is 4.16. The zero-order chi connectivity index (χ0) is 15.9. The Morgan fingerprint density at radius 1 is 0.739 bits per heavy atom. The van der Waals surface area contributed by atoms with Crippen LogP contribution in [0.3, 0.4) is 0 Å². The Morgan fingerprint density at radius 2 is 1.22 bits per heavy atom. The summed E-state index contributed by atoms with van der Waals surface area (Å²) < 4.78 is 11.2. The van der Waals surface area contributed by atoms with Gasteiger partial charge in [0.25, 0.3) is 5.95 Å². The first-order valence-corrected chi connectivity index (χ1v) is 7.04. The van der Waals surface area contributed by atoms with Crippen LogP contribution in [0.25, 0.3) is 0 Å². The van der Waals surface area contributed by atoms with Gasteiger partial charge in [0.05, 0.1) is 5.16 Å². The number of aromatic nitrogens is 3. The molecule has 0 saturated heterocycles. The summed E-state index contributed by atoms with van der Waals surface area (Å²) in [4.78, 5) is 16.0. The van der Waals surface area contributed by atoms with Crippen molar-refractivity contribution in [3.8, 4) is 23.5 Å². The van der Waals surface area contributed by atoms with Gasteiger partial charge in [0.15, 0.2) is 0 Å². The number of benzene rings is 2. The molecule has 0 aliphatic carbocycles. The summed E-state index contributed by atoms with van der Waals surface area (Å²) >= 11 is 4.58. The fourth-order valence-corrected chi connectivity index (χ4v) is 1.78. The van der Waals surface area contributed by atoms with Gasteiger partial charge in [0, 0.05) is 0 Å². The second kappa shape index (κ2) is 7.22. The van der Waals surface area contributed by atoms with Crippen LogP contribution in [0.4, 0.5) is 5.95 Å². The van der Waals surface area contributed by atoms with Crippen LogP contribution >= 0.6 is 12.2 Å². The van der Waals surface area contributed by atoms with Crippen molar-refractivity contribution in [2.45, 2.75) is 0 Å². The molecule has 0 N–H and O–H groups in total. The molecule has 0 spiro atoms. The minimum absolute atomic E-state index is 0.0566. The Balaban J connectivity index is 1.91. The maximum absolute atomic E-state index is 5.58. The van der Waals surface area contributed by atoms with Crippen LogP contribution in [0.2, 0.25) is 0 Å². The highest BCUT2D eigenvalue weighted by Crippen LogP contribution is 2.24. The summed E-state index contributed by atoms with van der Waals surface area (Å²) in [6.45, 7) is 0. The van der Waals surface area contributed by atoms with Crippen molar-refractivity contribution in [3.05, 3.63) is 60.7 Å². The molecule has 23 heavy (non-hydrogen) atoms. The first-order valence-electron chi connectivity index (χ1n) is 6.63. The molecule has 3 rings (SSSR count). The van der Waals surface area contributed by atoms with E-state index in [1.54, 1.807) is 24.3 Å². The Bertz CT molecular complexity index is 777. The third-order valence-corrected chi connectivity index (χ3v) is 2.72. The van der Waals surface area contributed by atoms with E-state index < -0.39 is 0 Å². The van der Waals surface area contributed by atoms with Crippen LogP contribution in [0.15, 0.2) is 65.7 Å². The molecule has 1 aromatic heterocycles. The topological polar surface area (TPSA) is 69.5 Å². The van der Waals surface area contributed by atoms with Gasteiger partial charge in [-0.3, -0.25) is 0 Å². The summed E-state index contributed by atoms with van der Waals surface area (Å²) in [7, 11) is 0. The van der Waals surface area contributed by atoms with Gasteiger partial charge in [-0.1, -0.05) is 36.4 Å². The van der Waals surface area contributed by atoms with E-state index in [2.05, 4.69) is 37.3 Å². The van der Waals surface area contributed by atoms with Gasteiger partial charge < -0.3 is 9.47 Å². The lowest BCUT2D eigenvalue weighted by molar-refractivity contribution is 0.398.